The van der Waals surface area contributed by atoms with Crippen LogP contribution in [0.5, 0.6) is 0 Å². The molecule has 0 bridgehead atoms. The van der Waals surface area contributed by atoms with Crippen molar-refractivity contribution in [2.24, 2.45) is 0 Å². The van der Waals surface area contributed by atoms with Gasteiger partial charge in [0.15, 0.2) is 0 Å². The second-order valence-electron chi connectivity index (χ2n) is 2.81. The number of hydrogen-bond donors (Lipinski definition) is 0. The van der Waals surface area contributed by atoms with Gasteiger partial charge in [-0.3, -0.25) is 0 Å². The number of alkyl halides is 2. The Bertz CT molecular complexity index is 382. The Morgan fingerprint density at radius 3 is 2.38 bits per heavy atom. The van der Waals surface area contributed by atoms with Gasteiger partial charge in [-0.15, -0.1) is 0 Å². The first-order valence-electron chi connectivity index (χ1n) is 3.96. The van der Waals surface area contributed by atoms with Crippen molar-refractivity contribution in [3.63, 3.8) is 0 Å². The van der Waals surface area contributed by atoms with Crippen LogP contribution < -0.4 is 0 Å². The molecule has 0 saturated carbocycles. The largest absolute Gasteiger partial charge is 0.464 e. The molecule has 0 aliphatic heterocycles. The van der Waals surface area contributed by atoms with E-state index in [-0.39, 0.29) is 0 Å². The zero-order valence-corrected chi connectivity index (χ0v) is 10.1. The monoisotopic (exact) mass is 302 g/mol. The van der Waals surface area contributed by atoms with Gasteiger partial charge >= 0.3 is 0 Å². The number of furan rings is 1. The smallest absolute Gasteiger partial charge is 0.138 e. The first-order chi connectivity index (χ1) is 6.36. The maximum absolute atomic E-state index is 5.43. The zero-order chi connectivity index (χ0) is 9.26. The lowest BCUT2D eigenvalue weighted by Gasteiger charge is -2.01. The summed E-state index contributed by atoms with van der Waals surface area (Å²) in [4.78, 5) is 0. The number of hydrogen-bond acceptors (Lipinski definition) is 1. The van der Waals surface area contributed by atoms with Crippen LogP contribution in [0.15, 0.2) is 28.9 Å². The average Bonchev–Trinajstić information content (AvgIpc) is 2.64. The summed E-state index contributed by atoms with van der Waals surface area (Å²) in [6.45, 7) is 0. The van der Waals surface area contributed by atoms with Gasteiger partial charge in [-0.25, -0.2) is 0 Å². The molecule has 1 aromatic carbocycles. The molecule has 0 fully saturated rings. The van der Waals surface area contributed by atoms with E-state index in [9.17, 15) is 0 Å². The molecule has 0 N–H and O–H groups in total. The van der Waals surface area contributed by atoms with Crippen LogP contribution in [0.4, 0.5) is 0 Å². The average molecular weight is 304 g/mol. The molecule has 1 aromatic heterocycles. The molecular formula is C10H8Br2O. The van der Waals surface area contributed by atoms with E-state index < -0.39 is 0 Å². The van der Waals surface area contributed by atoms with E-state index in [0.29, 0.717) is 0 Å². The Morgan fingerprint density at radius 2 is 1.69 bits per heavy atom. The van der Waals surface area contributed by atoms with Crippen molar-refractivity contribution in [3.05, 3.63) is 35.6 Å². The summed E-state index contributed by atoms with van der Waals surface area (Å²) < 4.78 is 5.43. The molecule has 13 heavy (non-hydrogen) atoms. The maximum atomic E-state index is 5.43. The molecule has 0 unspecified atom stereocenters. The van der Waals surface area contributed by atoms with Crippen LogP contribution in [0.1, 0.15) is 11.1 Å². The lowest BCUT2D eigenvalue weighted by atomic mass is 10.1. The molecule has 0 atom stereocenters. The van der Waals surface area contributed by atoms with E-state index in [2.05, 4.69) is 44.0 Å². The highest BCUT2D eigenvalue weighted by Gasteiger charge is 2.06. The fraction of sp³-hybridized carbons (Fsp3) is 0.200. The third-order valence-electron chi connectivity index (χ3n) is 2.08. The molecule has 2 aromatic rings. The number of benzene rings is 1. The van der Waals surface area contributed by atoms with Crippen molar-refractivity contribution in [1.82, 2.24) is 0 Å². The molecule has 0 radical (unpaired) electrons. The molecule has 68 valence electrons. The Labute approximate surface area is 93.4 Å². The molecule has 0 aliphatic carbocycles. The van der Waals surface area contributed by atoms with E-state index >= 15 is 0 Å². The van der Waals surface area contributed by atoms with Crippen molar-refractivity contribution in [2.45, 2.75) is 10.7 Å². The van der Waals surface area contributed by atoms with Crippen molar-refractivity contribution in [1.29, 1.82) is 0 Å². The Balaban J connectivity index is 2.74. The van der Waals surface area contributed by atoms with E-state index in [4.69, 9.17) is 4.42 Å². The van der Waals surface area contributed by atoms with Crippen LogP contribution in [0.25, 0.3) is 11.0 Å². The summed E-state index contributed by atoms with van der Waals surface area (Å²) in [6.07, 6.45) is 1.74. The van der Waals surface area contributed by atoms with Crippen LogP contribution in [0.2, 0.25) is 0 Å². The molecule has 2 rings (SSSR count). The minimum atomic E-state index is 0.833. The summed E-state index contributed by atoms with van der Waals surface area (Å²) in [6, 6.07) is 6.23. The van der Waals surface area contributed by atoms with Crippen LogP contribution in [0.3, 0.4) is 0 Å². The van der Waals surface area contributed by atoms with Crippen molar-refractivity contribution in [2.75, 3.05) is 0 Å². The van der Waals surface area contributed by atoms with Gasteiger partial charge in [-0.1, -0.05) is 44.0 Å². The minimum absolute atomic E-state index is 0.833. The molecule has 1 heterocycles. The summed E-state index contributed by atoms with van der Waals surface area (Å²) in [5.41, 5.74) is 3.46. The Kier molecular flexibility index (Phi) is 2.74. The van der Waals surface area contributed by atoms with Crippen LogP contribution in [-0.4, -0.2) is 0 Å². The predicted octanol–water partition coefficient (Wildman–Crippen LogP) is 4.22. The minimum Gasteiger partial charge on any atom is -0.464 e. The van der Waals surface area contributed by atoms with Gasteiger partial charge < -0.3 is 4.42 Å². The van der Waals surface area contributed by atoms with Crippen LogP contribution in [-0.2, 0) is 10.7 Å². The SMILES string of the molecule is BrCc1ccc(CBr)c2occc12. The maximum Gasteiger partial charge on any atom is 0.138 e. The predicted molar refractivity (Wildman–Crippen MR) is 61.5 cm³/mol. The normalized spacial score (nSPS) is 10.9. The third-order valence-corrected chi connectivity index (χ3v) is 3.28. The quantitative estimate of drug-likeness (QED) is 0.757. The third kappa shape index (κ3) is 1.55. The van der Waals surface area contributed by atoms with E-state index in [1.54, 1.807) is 6.26 Å². The van der Waals surface area contributed by atoms with Crippen LogP contribution in [0, 0.1) is 0 Å². The van der Waals surface area contributed by atoms with Gasteiger partial charge in [-0.2, -0.15) is 0 Å². The fourth-order valence-electron chi connectivity index (χ4n) is 1.40. The second kappa shape index (κ2) is 3.84. The zero-order valence-electron chi connectivity index (χ0n) is 6.89. The first kappa shape index (κ1) is 9.28. The number of halogens is 2. The molecule has 0 aliphatic rings. The highest BCUT2D eigenvalue weighted by atomic mass is 79.9. The molecule has 3 heteroatoms. The second-order valence-corrected chi connectivity index (χ2v) is 3.94. The topological polar surface area (TPSA) is 13.1 Å². The van der Waals surface area contributed by atoms with E-state index in [1.165, 1.54) is 16.5 Å². The highest BCUT2D eigenvalue weighted by molar-refractivity contribution is 9.08. The van der Waals surface area contributed by atoms with Gasteiger partial charge in [-0.05, 0) is 11.6 Å². The van der Waals surface area contributed by atoms with Crippen molar-refractivity contribution in [3.8, 4) is 0 Å². The van der Waals surface area contributed by atoms with Gasteiger partial charge in [0, 0.05) is 21.6 Å². The van der Waals surface area contributed by atoms with Crippen molar-refractivity contribution >= 4 is 42.8 Å². The highest BCUT2D eigenvalue weighted by Crippen LogP contribution is 2.26. The van der Waals surface area contributed by atoms with Gasteiger partial charge in [0.1, 0.15) is 5.58 Å². The summed E-state index contributed by atoms with van der Waals surface area (Å²) >= 11 is 6.89. The lowest BCUT2D eigenvalue weighted by Crippen LogP contribution is -1.83. The first-order valence-corrected chi connectivity index (χ1v) is 6.21. The number of rotatable bonds is 2. The molecule has 0 spiro atoms. The number of fused-ring (bicyclic) bond motifs is 1. The molecular weight excluding hydrogens is 296 g/mol. The van der Waals surface area contributed by atoms with E-state index in [1.807, 2.05) is 6.07 Å². The van der Waals surface area contributed by atoms with Crippen molar-refractivity contribution < 1.29 is 4.42 Å². The van der Waals surface area contributed by atoms with E-state index in [0.717, 1.165) is 16.2 Å². The molecule has 0 saturated heterocycles. The summed E-state index contributed by atoms with van der Waals surface area (Å²) in [5.74, 6) is 0. The Morgan fingerprint density at radius 1 is 1.00 bits per heavy atom. The van der Waals surface area contributed by atoms with Gasteiger partial charge in [0.05, 0.1) is 6.26 Å². The Hall–Kier alpha value is -0.280. The summed E-state index contributed by atoms with van der Waals surface area (Å²) in [7, 11) is 0. The lowest BCUT2D eigenvalue weighted by molar-refractivity contribution is 0.613. The molecule has 0 amide bonds. The van der Waals surface area contributed by atoms with Gasteiger partial charge in [0.2, 0.25) is 0 Å². The standard InChI is InChI=1S/C10H8Br2O/c11-5-7-1-2-8(6-12)10-9(7)3-4-13-10/h1-4H,5-6H2. The van der Waals surface area contributed by atoms with Gasteiger partial charge in [0.25, 0.3) is 0 Å². The molecule has 1 nitrogen and oxygen atoms in total. The van der Waals surface area contributed by atoms with Crippen LogP contribution >= 0.6 is 31.9 Å². The summed E-state index contributed by atoms with van der Waals surface area (Å²) in [5, 5.41) is 2.90. The fourth-order valence-corrected chi connectivity index (χ4v) is 2.33.